The van der Waals surface area contributed by atoms with E-state index in [1.54, 1.807) is 17.2 Å². The van der Waals surface area contributed by atoms with Gasteiger partial charge in [-0.15, -0.1) is 0 Å². The zero-order chi connectivity index (χ0) is 13.8. The normalized spacial score (nSPS) is 10.2. The molecule has 2 N–H and O–H groups in total. The van der Waals surface area contributed by atoms with Crippen LogP contribution in [0.4, 0.5) is 11.4 Å². The highest BCUT2D eigenvalue weighted by molar-refractivity contribution is 6.07. The summed E-state index contributed by atoms with van der Waals surface area (Å²) in [6.45, 7) is 4.34. The molecule has 0 fully saturated rings. The van der Waals surface area contributed by atoms with Gasteiger partial charge >= 0.3 is 0 Å². The fourth-order valence-electron chi connectivity index (χ4n) is 1.99. The number of nitrogens with two attached hydrogens (primary N) is 1. The molecule has 1 aromatic carbocycles. The molecule has 19 heavy (non-hydrogen) atoms. The lowest BCUT2D eigenvalue weighted by molar-refractivity contribution is 0.0983. The molecule has 0 atom stereocenters. The topological polar surface area (TPSA) is 59.2 Å². The van der Waals surface area contributed by atoms with E-state index in [9.17, 15) is 4.79 Å². The molecule has 0 unspecified atom stereocenters. The largest absolute Gasteiger partial charge is 0.397 e. The Balaban J connectivity index is 2.41. The molecular weight excluding hydrogens is 238 g/mol. The van der Waals surface area contributed by atoms with Gasteiger partial charge in [0.15, 0.2) is 0 Å². The Morgan fingerprint density at radius 2 is 2.00 bits per heavy atom. The number of rotatable bonds is 3. The molecule has 98 valence electrons. The van der Waals surface area contributed by atoms with Crippen LogP contribution in [0, 0.1) is 6.92 Å². The van der Waals surface area contributed by atoms with Crippen molar-refractivity contribution < 1.29 is 4.79 Å². The Bertz CT molecular complexity index is 595. The fourth-order valence-corrected chi connectivity index (χ4v) is 1.99. The van der Waals surface area contributed by atoms with Gasteiger partial charge in [-0.3, -0.25) is 9.78 Å². The first-order valence-corrected chi connectivity index (χ1v) is 6.23. The van der Waals surface area contributed by atoms with Crippen LogP contribution in [0.25, 0.3) is 0 Å². The molecule has 0 aliphatic rings. The monoisotopic (exact) mass is 255 g/mol. The van der Waals surface area contributed by atoms with E-state index in [-0.39, 0.29) is 5.91 Å². The predicted molar refractivity (Wildman–Crippen MR) is 77.2 cm³/mol. The van der Waals surface area contributed by atoms with E-state index in [0.717, 1.165) is 11.3 Å². The van der Waals surface area contributed by atoms with Crippen molar-refractivity contribution >= 4 is 17.3 Å². The first kappa shape index (κ1) is 13.1. The fraction of sp³-hybridized carbons (Fsp3) is 0.200. The number of hydrogen-bond donors (Lipinski definition) is 1. The summed E-state index contributed by atoms with van der Waals surface area (Å²) in [5, 5.41) is 0. The minimum Gasteiger partial charge on any atom is -0.397 e. The van der Waals surface area contributed by atoms with Crippen molar-refractivity contribution in [2.45, 2.75) is 13.8 Å². The highest BCUT2D eigenvalue weighted by Crippen LogP contribution is 2.24. The van der Waals surface area contributed by atoms with Gasteiger partial charge in [0.2, 0.25) is 0 Å². The van der Waals surface area contributed by atoms with E-state index in [0.29, 0.717) is 17.9 Å². The van der Waals surface area contributed by atoms with Crippen LogP contribution < -0.4 is 10.6 Å². The quantitative estimate of drug-likeness (QED) is 0.858. The summed E-state index contributed by atoms with van der Waals surface area (Å²) in [7, 11) is 0. The lowest BCUT2D eigenvalue weighted by Gasteiger charge is -2.22. The van der Waals surface area contributed by atoms with E-state index in [4.69, 9.17) is 5.73 Å². The maximum absolute atomic E-state index is 12.6. The van der Waals surface area contributed by atoms with Crippen LogP contribution in [-0.2, 0) is 0 Å². The average molecular weight is 255 g/mol. The van der Waals surface area contributed by atoms with Crippen molar-refractivity contribution in [1.82, 2.24) is 4.98 Å². The molecule has 2 rings (SSSR count). The van der Waals surface area contributed by atoms with Gasteiger partial charge in [0.1, 0.15) is 5.69 Å². The van der Waals surface area contributed by atoms with Gasteiger partial charge in [-0.25, -0.2) is 0 Å². The first-order valence-electron chi connectivity index (χ1n) is 6.23. The second-order valence-corrected chi connectivity index (χ2v) is 4.28. The molecule has 0 aliphatic carbocycles. The van der Waals surface area contributed by atoms with Crippen molar-refractivity contribution in [2.75, 3.05) is 17.2 Å². The van der Waals surface area contributed by atoms with Crippen LogP contribution in [0.3, 0.4) is 0 Å². The molecule has 0 saturated heterocycles. The summed E-state index contributed by atoms with van der Waals surface area (Å²) in [4.78, 5) is 18.4. The standard InChI is InChI=1S/C15H17N3O/c1-3-18(13-9-5-4-8-12(13)16)15(19)14-11(2)7-6-10-17-14/h4-10H,3,16H2,1-2H3. The number of nitrogen functional groups attached to an aromatic ring is 1. The average Bonchev–Trinajstić information content (AvgIpc) is 2.42. The van der Waals surface area contributed by atoms with Crippen LogP contribution in [0.5, 0.6) is 0 Å². The Morgan fingerprint density at radius 1 is 1.26 bits per heavy atom. The number of carbonyl (C=O) groups is 1. The number of anilines is 2. The zero-order valence-corrected chi connectivity index (χ0v) is 11.1. The number of pyridine rings is 1. The van der Waals surface area contributed by atoms with Gasteiger partial charge in [0.25, 0.3) is 5.91 Å². The molecule has 4 heteroatoms. The van der Waals surface area contributed by atoms with Gasteiger partial charge in [0, 0.05) is 12.7 Å². The number of carbonyl (C=O) groups excluding carboxylic acids is 1. The second kappa shape index (κ2) is 5.52. The summed E-state index contributed by atoms with van der Waals surface area (Å²) in [6, 6.07) is 11.0. The summed E-state index contributed by atoms with van der Waals surface area (Å²) in [5.41, 5.74) is 8.57. The number of nitrogens with zero attached hydrogens (tertiary/aromatic N) is 2. The Morgan fingerprint density at radius 3 is 2.63 bits per heavy atom. The van der Waals surface area contributed by atoms with Crippen molar-refractivity contribution in [2.24, 2.45) is 0 Å². The smallest absolute Gasteiger partial charge is 0.277 e. The molecule has 4 nitrogen and oxygen atoms in total. The van der Waals surface area contributed by atoms with Crippen molar-refractivity contribution in [1.29, 1.82) is 0 Å². The number of para-hydroxylation sites is 2. The number of amides is 1. The molecule has 1 heterocycles. The lowest BCUT2D eigenvalue weighted by atomic mass is 10.1. The van der Waals surface area contributed by atoms with E-state index in [1.165, 1.54) is 0 Å². The van der Waals surface area contributed by atoms with E-state index < -0.39 is 0 Å². The minimum absolute atomic E-state index is 0.126. The van der Waals surface area contributed by atoms with Gasteiger partial charge in [-0.2, -0.15) is 0 Å². The summed E-state index contributed by atoms with van der Waals surface area (Å²) < 4.78 is 0. The van der Waals surface area contributed by atoms with Crippen molar-refractivity contribution in [3.8, 4) is 0 Å². The Kier molecular flexibility index (Phi) is 3.80. The van der Waals surface area contributed by atoms with E-state index in [2.05, 4.69) is 4.98 Å². The predicted octanol–water partition coefficient (Wildman–Crippen LogP) is 2.64. The molecule has 0 spiro atoms. The minimum atomic E-state index is -0.126. The maximum atomic E-state index is 12.6. The van der Waals surface area contributed by atoms with E-state index >= 15 is 0 Å². The number of benzene rings is 1. The Labute approximate surface area is 112 Å². The highest BCUT2D eigenvalue weighted by Gasteiger charge is 2.20. The van der Waals surface area contributed by atoms with Crippen LogP contribution in [0.1, 0.15) is 23.0 Å². The van der Waals surface area contributed by atoms with Gasteiger partial charge < -0.3 is 10.6 Å². The van der Waals surface area contributed by atoms with Crippen molar-refractivity contribution in [3.63, 3.8) is 0 Å². The van der Waals surface area contributed by atoms with Crippen LogP contribution in [-0.4, -0.2) is 17.4 Å². The van der Waals surface area contributed by atoms with Crippen LogP contribution in [0.15, 0.2) is 42.6 Å². The van der Waals surface area contributed by atoms with Crippen LogP contribution >= 0.6 is 0 Å². The molecular formula is C15H17N3O. The third-order valence-electron chi connectivity index (χ3n) is 3.00. The maximum Gasteiger partial charge on any atom is 0.277 e. The molecule has 1 amide bonds. The second-order valence-electron chi connectivity index (χ2n) is 4.28. The molecule has 0 aliphatic heterocycles. The van der Waals surface area contributed by atoms with Gasteiger partial charge in [0.05, 0.1) is 11.4 Å². The molecule has 0 bridgehead atoms. The number of hydrogen-bond acceptors (Lipinski definition) is 3. The molecule has 0 saturated carbocycles. The van der Waals surface area contributed by atoms with Gasteiger partial charge in [-0.05, 0) is 37.6 Å². The van der Waals surface area contributed by atoms with Gasteiger partial charge in [-0.1, -0.05) is 18.2 Å². The SMILES string of the molecule is CCN(C(=O)c1ncccc1C)c1ccccc1N. The van der Waals surface area contributed by atoms with E-state index in [1.807, 2.05) is 44.2 Å². The number of aryl methyl sites for hydroxylation is 1. The summed E-state index contributed by atoms with van der Waals surface area (Å²) in [5.74, 6) is -0.126. The van der Waals surface area contributed by atoms with Crippen molar-refractivity contribution in [3.05, 3.63) is 53.9 Å². The summed E-state index contributed by atoms with van der Waals surface area (Å²) >= 11 is 0. The first-order chi connectivity index (χ1) is 9.15. The zero-order valence-electron chi connectivity index (χ0n) is 11.1. The summed E-state index contributed by atoms with van der Waals surface area (Å²) in [6.07, 6.45) is 1.63. The van der Waals surface area contributed by atoms with Crippen LogP contribution in [0.2, 0.25) is 0 Å². The third kappa shape index (κ3) is 2.57. The molecule has 1 aromatic heterocycles. The number of aromatic nitrogens is 1. The third-order valence-corrected chi connectivity index (χ3v) is 3.00. The highest BCUT2D eigenvalue weighted by atomic mass is 16.2. The lowest BCUT2D eigenvalue weighted by Crippen LogP contribution is -2.32. The molecule has 2 aromatic rings. The molecule has 0 radical (unpaired) electrons. The Hall–Kier alpha value is -2.36.